The molecule has 5 atom stereocenters. The molecule has 0 spiro atoms. The molecule has 2 fully saturated rings. The third-order valence-corrected chi connectivity index (χ3v) is 15.7. The zero-order chi connectivity index (χ0) is 72.8. The van der Waals surface area contributed by atoms with Gasteiger partial charge in [-0.3, -0.25) is 67.5 Å². The van der Waals surface area contributed by atoms with E-state index in [0.29, 0.717) is 9.80 Å². The van der Waals surface area contributed by atoms with Gasteiger partial charge in [-0.1, -0.05) is 24.3 Å². The lowest BCUT2D eigenvalue weighted by atomic mass is 10.1. The maximum absolute atomic E-state index is 14.1. The molecule has 2 saturated heterocycles. The van der Waals surface area contributed by atoms with Crippen LogP contribution in [0.4, 0.5) is 33.3 Å². The first kappa shape index (κ1) is 75.5. The van der Waals surface area contributed by atoms with Crippen molar-refractivity contribution in [3.63, 3.8) is 0 Å². The molecule has 3 unspecified atom stereocenters. The number of pyridine rings is 3. The first-order valence-electron chi connectivity index (χ1n) is 31.1. The molecule has 0 aliphatic carbocycles. The van der Waals surface area contributed by atoms with Gasteiger partial charge >= 0.3 is 11.9 Å². The number of amides is 11. The van der Waals surface area contributed by atoms with Gasteiger partial charge in [0.15, 0.2) is 0 Å². The van der Waals surface area contributed by atoms with Gasteiger partial charge in [0.2, 0.25) is 53.2 Å². The van der Waals surface area contributed by atoms with Gasteiger partial charge in [0.05, 0.1) is 83.8 Å². The summed E-state index contributed by atoms with van der Waals surface area (Å²) in [6.07, 6.45) is -1.23. The molecule has 36 heteroatoms. The Balaban J connectivity index is 0.939. The molecule has 0 saturated carbocycles. The number of unbranched alkanes of at least 4 members (excludes halogenated alkanes) is 2. The predicted molar refractivity (Wildman–Crippen MR) is 338 cm³/mol. The Bertz CT molecular complexity index is 4060. The van der Waals surface area contributed by atoms with Crippen LogP contribution in [0.25, 0.3) is 21.8 Å². The van der Waals surface area contributed by atoms with E-state index in [0.717, 1.165) is 12.3 Å². The molecule has 2 aromatic carbocycles. The van der Waals surface area contributed by atoms with E-state index in [4.69, 9.17) is 0 Å². The van der Waals surface area contributed by atoms with Crippen LogP contribution in [0, 0.1) is 28.6 Å². The van der Waals surface area contributed by atoms with Crippen molar-refractivity contribution in [2.24, 2.45) is 0 Å². The summed E-state index contributed by atoms with van der Waals surface area (Å²) in [5, 5.41) is 60.7. The minimum Gasteiger partial charge on any atom is -0.481 e. The predicted octanol–water partition coefficient (Wildman–Crippen LogP) is 2.33. The number of fused-ring (bicyclic) bond motifs is 2. The van der Waals surface area contributed by atoms with Crippen LogP contribution in [0.2, 0.25) is 0 Å². The Morgan fingerprint density at radius 1 is 0.540 bits per heavy atom. The van der Waals surface area contributed by atoms with Crippen LogP contribution in [0.3, 0.4) is 0 Å². The highest BCUT2D eigenvalue weighted by atomic mass is 19.3. The van der Waals surface area contributed by atoms with Crippen molar-refractivity contribution >= 4 is 110 Å². The van der Waals surface area contributed by atoms with E-state index in [1.165, 1.54) is 67.0 Å². The fraction of sp³-hybridized carbons (Fsp3) is 0.406. The van der Waals surface area contributed by atoms with Crippen LogP contribution in [-0.2, 0) is 47.9 Å². The van der Waals surface area contributed by atoms with Crippen molar-refractivity contribution in [3.05, 3.63) is 102 Å². The topological polar surface area (TPSA) is 463 Å². The monoisotopic (exact) mass is 1390 g/mol. The van der Waals surface area contributed by atoms with Crippen molar-refractivity contribution in [1.29, 1.82) is 10.5 Å². The number of carbonyl (C=O) groups is 13. The number of carbonyl (C=O) groups excluding carboxylic acids is 11. The third kappa shape index (κ3) is 21.6. The summed E-state index contributed by atoms with van der Waals surface area (Å²) in [7, 11) is 0. The van der Waals surface area contributed by atoms with Gasteiger partial charge in [0.1, 0.15) is 30.2 Å². The van der Waals surface area contributed by atoms with Crippen LogP contribution in [-0.4, -0.2) is 193 Å². The molecule has 5 aromatic rings. The number of halogens is 5. The molecular formula is C64H67F5N16O15. The molecule has 528 valence electrons. The molecule has 11 amide bonds. The molecule has 0 radical (unpaired) electrons. The average Bonchev–Trinajstić information content (AvgIpc) is 1.19. The highest BCUT2D eigenvalue weighted by Gasteiger charge is 2.48. The number of aromatic nitrogens is 3. The van der Waals surface area contributed by atoms with E-state index in [2.05, 4.69) is 62.8 Å². The van der Waals surface area contributed by atoms with Crippen molar-refractivity contribution in [1.82, 2.24) is 62.0 Å². The first-order chi connectivity index (χ1) is 47.5. The van der Waals surface area contributed by atoms with E-state index in [9.17, 15) is 105 Å². The fourth-order valence-electron chi connectivity index (χ4n) is 10.7. The number of alkyl halides is 4. The molecular weight excluding hydrogens is 1330 g/mol. The zero-order valence-corrected chi connectivity index (χ0v) is 53.0. The molecule has 5 heterocycles. The van der Waals surface area contributed by atoms with Gasteiger partial charge in [0, 0.05) is 81.0 Å². The smallest absolute Gasteiger partial charge is 0.326 e. The van der Waals surface area contributed by atoms with Gasteiger partial charge in [0.25, 0.3) is 29.6 Å². The van der Waals surface area contributed by atoms with Crippen LogP contribution in [0.1, 0.15) is 115 Å². The normalized spacial score (nSPS) is 15.9. The van der Waals surface area contributed by atoms with Crippen LogP contribution >= 0.6 is 0 Å². The molecule has 31 nitrogen and oxygen atoms in total. The second kappa shape index (κ2) is 34.9. The number of benzene rings is 2. The second-order valence-electron chi connectivity index (χ2n) is 23.2. The van der Waals surface area contributed by atoms with E-state index in [1.54, 1.807) is 12.1 Å². The third-order valence-electron chi connectivity index (χ3n) is 15.7. The summed E-state index contributed by atoms with van der Waals surface area (Å²) >= 11 is 0. The number of nitrogens with zero attached hydrogens (tertiary/aromatic N) is 7. The summed E-state index contributed by atoms with van der Waals surface area (Å²) in [5.41, 5.74) is 0.422. The van der Waals surface area contributed by atoms with Crippen molar-refractivity contribution in [3.8, 4) is 12.1 Å². The Labute approximate surface area is 564 Å². The molecule has 2 aliphatic rings. The Morgan fingerprint density at radius 3 is 1.49 bits per heavy atom. The van der Waals surface area contributed by atoms with Gasteiger partial charge in [-0.05, 0) is 74.9 Å². The van der Waals surface area contributed by atoms with Gasteiger partial charge in [-0.2, -0.15) is 14.9 Å². The maximum atomic E-state index is 14.1. The number of nitrogens with one attached hydrogen (secondary N) is 9. The SMILES string of the molecule is N#C[C@@H]1CC(F)(F)CN1C(=O)CNC(=O)c1ccnc2c(NC(=O)CCC(=O)NCCCCC(NC(=O)CCC(=O)Nc3cccc4c(C(=O)NCC(=O)N5CC(F)(F)C[C@H]5C#N)ccnc34)C(=O)NC(CC(=O)O)C(=O)NC(CCCCNC(=O)c3ccc([18F])nc3)C(=O)O)cccc12. The second-order valence-corrected chi connectivity index (χ2v) is 23.2. The van der Waals surface area contributed by atoms with E-state index < -0.39 is 183 Å². The van der Waals surface area contributed by atoms with E-state index in [-0.39, 0.29) is 114 Å². The molecule has 7 rings (SSSR count). The maximum Gasteiger partial charge on any atom is 0.326 e. The van der Waals surface area contributed by atoms with Crippen LogP contribution in [0.5, 0.6) is 0 Å². The summed E-state index contributed by atoms with van der Waals surface area (Å²) in [5.74, 6) is -19.9. The van der Waals surface area contributed by atoms with Gasteiger partial charge in [-0.25, -0.2) is 27.3 Å². The highest BCUT2D eigenvalue weighted by Crippen LogP contribution is 2.33. The van der Waals surface area contributed by atoms with Crippen LogP contribution < -0.4 is 47.9 Å². The lowest BCUT2D eigenvalue weighted by molar-refractivity contribution is -0.144. The van der Waals surface area contributed by atoms with Gasteiger partial charge in [-0.15, -0.1) is 0 Å². The van der Waals surface area contributed by atoms with Crippen molar-refractivity contribution in [2.45, 2.75) is 126 Å². The number of rotatable bonds is 33. The number of carboxylic acids is 2. The molecule has 2 aliphatic heterocycles. The van der Waals surface area contributed by atoms with E-state index in [1.807, 2.05) is 0 Å². The summed E-state index contributed by atoms with van der Waals surface area (Å²) in [4.78, 5) is 183. The number of likely N-dealkylation sites (tertiary alicyclic amines) is 2. The standard InChI is InChI=1S/C64H67F5N16O15/c65-47-14-13-35(30-76-47)57(94)75-22-4-2-10-45(62(99)100)82-61(98)46(25-54(92)93)83-60(97)44(81-51(89)18-17-50(88)80-43-12-6-8-39-41(20-24-74-56(39)43)59(96)78-32-53(91)85-34-64(68,69)27-37(85)29-71)9-1-3-21-72-48(86)15-16-49(87)79-42-11-5-7-38-40(19-23-73-55(38)42)58(95)77-31-52(90)84-33-63(66,67)26-36(84)28-70/h5-8,11-14,19-20,23-24,30,36-37,44-46H,1-4,9-10,15-18,21-22,25-27,31-34H2,(H,72,86)(H,75,94)(H,77,95)(H,78,96)(H,79,87)(H,80,88)(H,81,89)(H,82,98)(H,83,97)(H,92,93)(H,99,100)/t36-,37-,44?,45?,46?/m0/s1/i65-1. The molecule has 11 N–H and O–H groups in total. The minimum absolute atomic E-state index is 0.00598. The summed E-state index contributed by atoms with van der Waals surface area (Å²) < 4.78 is 69.1. The first-order valence-corrected chi connectivity index (χ1v) is 31.1. The largest absolute Gasteiger partial charge is 0.481 e. The Morgan fingerprint density at radius 2 is 1.01 bits per heavy atom. The number of anilines is 2. The molecule has 0 bridgehead atoms. The lowest BCUT2D eigenvalue weighted by Gasteiger charge is -2.24. The van der Waals surface area contributed by atoms with Crippen LogP contribution in [0.15, 0.2) is 79.3 Å². The Hall–Kier alpha value is -11.9. The number of nitriles is 2. The number of carboxylic acid groups (broad SMARTS) is 2. The molecule has 3 aromatic heterocycles. The van der Waals surface area contributed by atoms with Crippen molar-refractivity contribution < 1.29 is 94.5 Å². The average molecular weight is 1390 g/mol. The summed E-state index contributed by atoms with van der Waals surface area (Å²) in [6.45, 7) is -3.45. The van der Waals surface area contributed by atoms with Crippen molar-refractivity contribution in [2.75, 3.05) is 49.9 Å². The van der Waals surface area contributed by atoms with Gasteiger partial charge < -0.3 is 67.9 Å². The number of aliphatic carboxylic acids is 2. The fourth-order valence-corrected chi connectivity index (χ4v) is 10.7. The minimum atomic E-state index is -3.29. The number of hydrogen-bond donors (Lipinski definition) is 11. The Kier molecular flexibility index (Phi) is 26.4. The molecule has 100 heavy (non-hydrogen) atoms. The quantitative estimate of drug-likeness (QED) is 0.0163. The summed E-state index contributed by atoms with van der Waals surface area (Å²) in [6, 6.07) is 8.97. The lowest BCUT2D eigenvalue weighted by Crippen LogP contribution is -2.56. The number of para-hydroxylation sites is 2. The zero-order valence-electron chi connectivity index (χ0n) is 53.0. The number of hydrogen-bond acceptors (Lipinski definition) is 18. The highest BCUT2D eigenvalue weighted by molar-refractivity contribution is 6.12. The van der Waals surface area contributed by atoms with E-state index >= 15 is 0 Å².